The third-order valence-electron chi connectivity index (χ3n) is 3.25. The topological polar surface area (TPSA) is 34.4 Å². The van der Waals surface area contributed by atoms with Gasteiger partial charge in [0.05, 0.1) is 13.2 Å². The molecule has 0 radical (unpaired) electrons. The minimum Gasteiger partial charge on any atom is -0.459 e. The van der Waals surface area contributed by atoms with Gasteiger partial charge >= 0.3 is 0 Å². The number of fused-ring (bicyclic) bond motifs is 1. The van der Waals surface area contributed by atoms with Crippen molar-refractivity contribution < 1.29 is 13.5 Å². The van der Waals surface area contributed by atoms with Crippen LogP contribution >= 0.6 is 0 Å². The van der Waals surface area contributed by atoms with Gasteiger partial charge in [-0.15, -0.1) is 0 Å². The minimum absolute atomic E-state index is 0.248. The second-order valence-electron chi connectivity index (χ2n) is 4.73. The Bertz CT molecular complexity index is 560. The van der Waals surface area contributed by atoms with E-state index in [0.29, 0.717) is 19.2 Å². The molecule has 1 saturated carbocycles. The highest BCUT2D eigenvalue weighted by atomic mass is 19.1. The Kier molecular flexibility index (Phi) is 3.06. The van der Waals surface area contributed by atoms with Crippen molar-refractivity contribution in [2.45, 2.75) is 32.0 Å². The zero-order valence-electron chi connectivity index (χ0n) is 10.3. The Balaban J connectivity index is 1.96. The Labute approximate surface area is 105 Å². The van der Waals surface area contributed by atoms with Crippen LogP contribution in [0.1, 0.15) is 24.2 Å². The first kappa shape index (κ1) is 11.7. The lowest BCUT2D eigenvalue weighted by molar-refractivity contribution is 0.183. The predicted octanol–water partition coefficient (Wildman–Crippen LogP) is 2.97. The van der Waals surface area contributed by atoms with Crippen LogP contribution in [0.3, 0.4) is 0 Å². The largest absolute Gasteiger partial charge is 0.459 e. The molecule has 96 valence electrons. The van der Waals surface area contributed by atoms with Crippen LogP contribution in [-0.4, -0.2) is 13.2 Å². The molecule has 0 bridgehead atoms. The first-order valence-corrected chi connectivity index (χ1v) is 6.20. The summed E-state index contributed by atoms with van der Waals surface area (Å²) in [6, 6.07) is 5.21. The van der Waals surface area contributed by atoms with Crippen LogP contribution in [0.25, 0.3) is 11.0 Å². The van der Waals surface area contributed by atoms with Crippen LogP contribution in [0, 0.1) is 5.82 Å². The van der Waals surface area contributed by atoms with Gasteiger partial charge < -0.3 is 14.5 Å². The number of furan rings is 1. The molecule has 0 saturated heterocycles. The van der Waals surface area contributed by atoms with Gasteiger partial charge in [0, 0.05) is 24.1 Å². The van der Waals surface area contributed by atoms with Crippen molar-refractivity contribution in [1.82, 2.24) is 5.32 Å². The summed E-state index contributed by atoms with van der Waals surface area (Å²) in [5.41, 5.74) is 1.66. The molecule has 1 aliphatic rings. The summed E-state index contributed by atoms with van der Waals surface area (Å²) >= 11 is 0. The van der Waals surface area contributed by atoms with E-state index in [1.54, 1.807) is 13.2 Å². The SMILES string of the molecule is COCc1c(CNC2CC2)oc2ccc(F)cc12. The van der Waals surface area contributed by atoms with Gasteiger partial charge in [0.2, 0.25) is 0 Å². The van der Waals surface area contributed by atoms with Crippen LogP contribution in [0.15, 0.2) is 22.6 Å². The number of hydrogen-bond acceptors (Lipinski definition) is 3. The summed E-state index contributed by atoms with van der Waals surface area (Å²) in [6.45, 7) is 1.12. The predicted molar refractivity (Wildman–Crippen MR) is 66.7 cm³/mol. The van der Waals surface area contributed by atoms with Crippen molar-refractivity contribution in [1.29, 1.82) is 0 Å². The first-order chi connectivity index (χ1) is 8.78. The third kappa shape index (κ3) is 2.26. The standard InChI is InChI=1S/C14H16FNO2/c1-17-8-12-11-6-9(15)2-5-13(11)18-14(12)7-16-10-3-4-10/h2,5-6,10,16H,3-4,7-8H2,1H3. The second kappa shape index (κ2) is 4.71. The molecule has 3 nitrogen and oxygen atoms in total. The van der Waals surface area contributed by atoms with Crippen molar-refractivity contribution in [3.8, 4) is 0 Å². The maximum absolute atomic E-state index is 13.3. The number of rotatable bonds is 5. The van der Waals surface area contributed by atoms with Crippen molar-refractivity contribution in [3.63, 3.8) is 0 Å². The van der Waals surface area contributed by atoms with E-state index in [4.69, 9.17) is 9.15 Å². The van der Waals surface area contributed by atoms with Gasteiger partial charge in [0.1, 0.15) is 17.2 Å². The summed E-state index contributed by atoms with van der Waals surface area (Å²) in [7, 11) is 1.64. The average molecular weight is 249 g/mol. The molecule has 1 aromatic heterocycles. The lowest BCUT2D eigenvalue weighted by atomic mass is 10.1. The van der Waals surface area contributed by atoms with E-state index in [2.05, 4.69) is 5.32 Å². The summed E-state index contributed by atoms with van der Waals surface area (Å²) in [5, 5.41) is 4.21. The highest BCUT2D eigenvalue weighted by molar-refractivity contribution is 5.82. The zero-order valence-corrected chi connectivity index (χ0v) is 10.3. The molecule has 3 rings (SSSR count). The quantitative estimate of drug-likeness (QED) is 0.884. The van der Waals surface area contributed by atoms with Crippen LogP contribution in [0.5, 0.6) is 0 Å². The Morgan fingerprint density at radius 2 is 2.28 bits per heavy atom. The molecular weight excluding hydrogens is 233 g/mol. The highest BCUT2D eigenvalue weighted by Gasteiger charge is 2.22. The molecule has 0 aliphatic heterocycles. The van der Waals surface area contributed by atoms with Gasteiger partial charge in [-0.1, -0.05) is 0 Å². The van der Waals surface area contributed by atoms with E-state index in [1.807, 2.05) is 0 Å². The summed E-state index contributed by atoms with van der Waals surface area (Å²) in [6.07, 6.45) is 2.46. The van der Waals surface area contributed by atoms with Crippen LogP contribution < -0.4 is 5.32 Å². The summed E-state index contributed by atoms with van der Waals surface area (Å²) in [5.74, 6) is 0.603. The number of nitrogens with one attached hydrogen (secondary N) is 1. The van der Waals surface area contributed by atoms with E-state index in [0.717, 1.165) is 22.3 Å². The minimum atomic E-state index is -0.248. The van der Waals surface area contributed by atoms with Crippen LogP contribution in [-0.2, 0) is 17.9 Å². The van der Waals surface area contributed by atoms with E-state index >= 15 is 0 Å². The maximum Gasteiger partial charge on any atom is 0.134 e. The molecule has 1 aliphatic carbocycles. The molecule has 4 heteroatoms. The van der Waals surface area contributed by atoms with Crippen LogP contribution in [0.2, 0.25) is 0 Å². The van der Waals surface area contributed by atoms with Crippen LogP contribution in [0.4, 0.5) is 4.39 Å². The molecule has 0 spiro atoms. The number of hydrogen-bond donors (Lipinski definition) is 1. The van der Waals surface area contributed by atoms with E-state index < -0.39 is 0 Å². The Hall–Kier alpha value is -1.39. The summed E-state index contributed by atoms with van der Waals surface area (Å²) in [4.78, 5) is 0. The molecule has 1 aromatic carbocycles. The first-order valence-electron chi connectivity index (χ1n) is 6.20. The molecule has 1 N–H and O–H groups in total. The van der Waals surface area contributed by atoms with Crippen molar-refractivity contribution in [2.24, 2.45) is 0 Å². The smallest absolute Gasteiger partial charge is 0.134 e. The number of ether oxygens (including phenoxy) is 1. The lowest BCUT2D eigenvalue weighted by Gasteiger charge is -2.03. The fourth-order valence-electron chi connectivity index (χ4n) is 2.14. The Morgan fingerprint density at radius 3 is 3.00 bits per heavy atom. The number of methoxy groups -OCH3 is 1. The average Bonchev–Trinajstić information content (AvgIpc) is 3.13. The third-order valence-corrected chi connectivity index (χ3v) is 3.25. The maximum atomic E-state index is 13.3. The molecule has 0 amide bonds. The van der Waals surface area contributed by atoms with Gasteiger partial charge in [0.25, 0.3) is 0 Å². The van der Waals surface area contributed by atoms with Crippen molar-refractivity contribution in [2.75, 3.05) is 7.11 Å². The van der Waals surface area contributed by atoms with Gasteiger partial charge in [-0.2, -0.15) is 0 Å². The van der Waals surface area contributed by atoms with E-state index in [1.165, 1.54) is 25.0 Å². The molecule has 0 unspecified atom stereocenters. The van der Waals surface area contributed by atoms with E-state index in [9.17, 15) is 4.39 Å². The normalized spacial score (nSPS) is 15.4. The molecule has 1 heterocycles. The Morgan fingerprint density at radius 1 is 1.44 bits per heavy atom. The van der Waals surface area contributed by atoms with E-state index in [-0.39, 0.29) is 5.82 Å². The number of benzene rings is 1. The van der Waals surface area contributed by atoms with Crippen molar-refractivity contribution in [3.05, 3.63) is 35.3 Å². The molecule has 1 fully saturated rings. The van der Waals surface area contributed by atoms with Gasteiger partial charge in [-0.05, 0) is 31.0 Å². The van der Waals surface area contributed by atoms with Gasteiger partial charge in [0.15, 0.2) is 0 Å². The van der Waals surface area contributed by atoms with Gasteiger partial charge in [-0.3, -0.25) is 0 Å². The summed E-state index contributed by atoms with van der Waals surface area (Å²) < 4.78 is 24.3. The highest BCUT2D eigenvalue weighted by Crippen LogP contribution is 2.28. The fraction of sp³-hybridized carbons (Fsp3) is 0.429. The molecular formula is C14H16FNO2. The fourth-order valence-corrected chi connectivity index (χ4v) is 2.14. The van der Waals surface area contributed by atoms with Gasteiger partial charge in [-0.25, -0.2) is 4.39 Å². The zero-order chi connectivity index (χ0) is 12.5. The molecule has 2 aromatic rings. The number of halogens is 1. The second-order valence-corrected chi connectivity index (χ2v) is 4.73. The molecule has 0 atom stereocenters. The molecule has 18 heavy (non-hydrogen) atoms. The van der Waals surface area contributed by atoms with Crippen molar-refractivity contribution >= 4 is 11.0 Å². The monoisotopic (exact) mass is 249 g/mol. The lowest BCUT2D eigenvalue weighted by Crippen LogP contribution is -2.15.